The largest absolute Gasteiger partial charge is 0.299 e. The molecule has 5 fully saturated rings. The summed E-state index contributed by atoms with van der Waals surface area (Å²) in [5.74, 6) is 5.55. The Morgan fingerprint density at radius 3 is 2.59 bits per heavy atom. The third-order valence-electron chi connectivity index (χ3n) is 9.06. The van der Waals surface area contributed by atoms with E-state index in [-0.39, 0.29) is 5.41 Å². The van der Waals surface area contributed by atoms with Gasteiger partial charge in [-0.1, -0.05) is 13.8 Å². The minimum absolute atomic E-state index is 0.0621. The van der Waals surface area contributed by atoms with Crippen LogP contribution in [0, 0.1) is 34.5 Å². The number of hydrogen-bond acceptors (Lipinski definition) is 2. The summed E-state index contributed by atoms with van der Waals surface area (Å²) in [6.07, 6.45) is 12.0. The molecule has 0 radical (unpaired) electrons. The minimum atomic E-state index is 0.0621. The van der Waals surface area contributed by atoms with Crippen LogP contribution in [0.1, 0.15) is 71.6 Å². The van der Waals surface area contributed by atoms with Crippen molar-refractivity contribution in [1.82, 2.24) is 0 Å². The highest BCUT2D eigenvalue weighted by atomic mass is 32.2. The minimum Gasteiger partial charge on any atom is -0.299 e. The molecular formula is C20H30OS. The Morgan fingerprint density at radius 2 is 1.82 bits per heavy atom. The Labute approximate surface area is 139 Å². The first-order valence-corrected chi connectivity index (χ1v) is 10.6. The highest BCUT2D eigenvalue weighted by Crippen LogP contribution is 2.69. The van der Waals surface area contributed by atoms with Crippen molar-refractivity contribution in [3.63, 3.8) is 0 Å². The van der Waals surface area contributed by atoms with E-state index in [1.165, 1.54) is 57.1 Å². The molecule has 0 aromatic rings. The second kappa shape index (κ2) is 4.35. The molecule has 0 N–H and O–H groups in total. The topological polar surface area (TPSA) is 17.1 Å². The van der Waals surface area contributed by atoms with E-state index in [2.05, 4.69) is 25.6 Å². The number of rotatable bonds is 0. The van der Waals surface area contributed by atoms with E-state index in [4.69, 9.17) is 0 Å². The first-order valence-electron chi connectivity index (χ1n) is 9.64. The van der Waals surface area contributed by atoms with Crippen LogP contribution in [-0.4, -0.2) is 16.3 Å². The van der Waals surface area contributed by atoms with Crippen LogP contribution in [0.25, 0.3) is 0 Å². The number of Topliss-reactive ketones (excluding diaryl/α,β-unsaturated/α-hetero) is 1. The number of hydrogen-bond donors (Lipinski definition) is 0. The molecule has 1 aliphatic heterocycles. The van der Waals surface area contributed by atoms with Gasteiger partial charge in [-0.15, -0.1) is 0 Å². The van der Waals surface area contributed by atoms with Crippen molar-refractivity contribution in [2.75, 3.05) is 5.75 Å². The van der Waals surface area contributed by atoms with Gasteiger partial charge in [-0.3, -0.25) is 4.79 Å². The fourth-order valence-corrected chi connectivity index (χ4v) is 8.47. The summed E-state index contributed by atoms with van der Waals surface area (Å²) in [6.45, 7) is 4.96. The molecule has 4 saturated carbocycles. The lowest BCUT2D eigenvalue weighted by Gasteiger charge is -2.60. The fraction of sp³-hybridized carbons (Fsp3) is 0.950. The quantitative estimate of drug-likeness (QED) is 0.579. The molecule has 22 heavy (non-hydrogen) atoms. The maximum atomic E-state index is 12.5. The molecule has 0 amide bonds. The number of ketones is 1. The number of fused-ring (bicyclic) bond motifs is 5. The average Bonchev–Trinajstić information content (AvgIpc) is 3.19. The zero-order chi connectivity index (χ0) is 15.2. The molecule has 0 unspecified atom stereocenters. The van der Waals surface area contributed by atoms with Crippen molar-refractivity contribution in [3.8, 4) is 0 Å². The van der Waals surface area contributed by atoms with Crippen LogP contribution in [0.4, 0.5) is 0 Å². The molecule has 1 nitrogen and oxygen atoms in total. The van der Waals surface area contributed by atoms with E-state index in [0.717, 1.165) is 34.8 Å². The van der Waals surface area contributed by atoms with Gasteiger partial charge in [-0.2, -0.15) is 11.8 Å². The molecule has 1 spiro atoms. The zero-order valence-electron chi connectivity index (χ0n) is 14.2. The summed E-state index contributed by atoms with van der Waals surface area (Å²) in [5.41, 5.74) is 0.664. The molecule has 122 valence electrons. The first kappa shape index (κ1) is 14.4. The van der Waals surface area contributed by atoms with Crippen LogP contribution in [-0.2, 0) is 4.79 Å². The van der Waals surface area contributed by atoms with Crippen molar-refractivity contribution in [2.45, 2.75) is 76.4 Å². The SMILES string of the molecule is C[C@]12CC[C@@]3(CS3)C[C@@H]1CC[C@@H]1[C@@H]2CC[C@]2(C)C(=O)CC[C@@H]12. The van der Waals surface area contributed by atoms with E-state index in [0.29, 0.717) is 11.2 Å². The fourth-order valence-electron chi connectivity index (χ4n) is 7.44. The average molecular weight is 319 g/mol. The van der Waals surface area contributed by atoms with Gasteiger partial charge in [0.15, 0.2) is 0 Å². The Hall–Kier alpha value is 0.0200. The smallest absolute Gasteiger partial charge is 0.139 e. The molecule has 4 aliphatic carbocycles. The summed E-state index contributed by atoms with van der Waals surface area (Å²) < 4.78 is 0.726. The van der Waals surface area contributed by atoms with Crippen molar-refractivity contribution >= 4 is 17.5 Å². The highest BCUT2D eigenvalue weighted by molar-refractivity contribution is 8.07. The lowest BCUT2D eigenvalue weighted by Crippen LogP contribution is -2.54. The number of carbonyl (C=O) groups is 1. The summed E-state index contributed by atoms with van der Waals surface area (Å²) >= 11 is 2.25. The van der Waals surface area contributed by atoms with Crippen LogP contribution < -0.4 is 0 Å². The van der Waals surface area contributed by atoms with Gasteiger partial charge in [0.1, 0.15) is 5.78 Å². The third-order valence-corrected chi connectivity index (χ3v) is 10.5. The van der Waals surface area contributed by atoms with Gasteiger partial charge in [-0.05, 0) is 80.5 Å². The van der Waals surface area contributed by atoms with Gasteiger partial charge < -0.3 is 0 Å². The van der Waals surface area contributed by atoms with Crippen molar-refractivity contribution in [2.24, 2.45) is 34.5 Å². The van der Waals surface area contributed by atoms with E-state index in [9.17, 15) is 4.79 Å². The highest BCUT2D eigenvalue weighted by Gasteiger charge is 2.62. The standard InChI is InChI=1S/C20H30OS/c1-18-9-10-20(12-22-20)11-13(18)3-4-14-15-5-6-17(21)19(15,2)8-7-16(14)18/h13-16H,3-12H2,1-2H3/t13-,14-,15-,16-,18-,19-,20-/m0/s1. The molecule has 0 bridgehead atoms. The molecular weight excluding hydrogens is 288 g/mol. The van der Waals surface area contributed by atoms with Gasteiger partial charge >= 0.3 is 0 Å². The maximum absolute atomic E-state index is 12.5. The molecule has 0 aromatic heterocycles. The van der Waals surface area contributed by atoms with Gasteiger partial charge in [0, 0.05) is 22.3 Å². The summed E-state index contributed by atoms with van der Waals surface area (Å²) in [7, 11) is 0. The van der Waals surface area contributed by atoms with Gasteiger partial charge in [0.25, 0.3) is 0 Å². The Balaban J connectivity index is 1.45. The van der Waals surface area contributed by atoms with E-state index in [1.54, 1.807) is 0 Å². The van der Waals surface area contributed by atoms with Gasteiger partial charge in [0.2, 0.25) is 0 Å². The summed E-state index contributed by atoms with van der Waals surface area (Å²) in [4.78, 5) is 12.5. The molecule has 5 aliphatic rings. The molecule has 5 rings (SSSR count). The van der Waals surface area contributed by atoms with Crippen molar-refractivity contribution in [3.05, 3.63) is 0 Å². The van der Waals surface area contributed by atoms with E-state index >= 15 is 0 Å². The Bertz CT molecular complexity index is 524. The predicted octanol–water partition coefficient (Wildman–Crippen LogP) is 5.08. The van der Waals surface area contributed by atoms with Crippen molar-refractivity contribution < 1.29 is 4.79 Å². The lowest BCUT2D eigenvalue weighted by molar-refractivity contribution is -0.139. The van der Waals surface area contributed by atoms with Crippen molar-refractivity contribution in [1.29, 1.82) is 0 Å². The van der Waals surface area contributed by atoms with E-state index in [1.807, 2.05) is 0 Å². The Morgan fingerprint density at radius 1 is 1.00 bits per heavy atom. The Kier molecular flexibility index (Phi) is 2.84. The van der Waals surface area contributed by atoms with Crippen LogP contribution in [0.2, 0.25) is 0 Å². The number of carbonyl (C=O) groups excluding carboxylic acids is 1. The maximum Gasteiger partial charge on any atom is 0.139 e. The normalized spacial score (nSPS) is 59.8. The molecule has 0 aromatic carbocycles. The molecule has 1 saturated heterocycles. The van der Waals surface area contributed by atoms with Crippen LogP contribution in [0.3, 0.4) is 0 Å². The predicted molar refractivity (Wildman–Crippen MR) is 91.9 cm³/mol. The first-order chi connectivity index (χ1) is 10.5. The van der Waals surface area contributed by atoms with Crippen LogP contribution >= 0.6 is 11.8 Å². The molecule has 7 atom stereocenters. The van der Waals surface area contributed by atoms with E-state index < -0.39 is 0 Å². The second-order valence-corrected chi connectivity index (χ2v) is 11.2. The summed E-state index contributed by atoms with van der Waals surface area (Å²) in [5, 5.41) is 0. The molecule has 1 heterocycles. The molecule has 2 heteroatoms. The number of thioether (sulfide) groups is 1. The van der Waals surface area contributed by atoms with Crippen LogP contribution in [0.5, 0.6) is 0 Å². The van der Waals surface area contributed by atoms with Gasteiger partial charge in [-0.25, -0.2) is 0 Å². The third kappa shape index (κ3) is 1.71. The monoisotopic (exact) mass is 318 g/mol. The van der Waals surface area contributed by atoms with Gasteiger partial charge in [0.05, 0.1) is 0 Å². The second-order valence-electron chi connectivity index (χ2n) is 9.75. The summed E-state index contributed by atoms with van der Waals surface area (Å²) in [6, 6.07) is 0. The van der Waals surface area contributed by atoms with Crippen LogP contribution in [0.15, 0.2) is 0 Å². The lowest BCUT2D eigenvalue weighted by atomic mass is 9.45. The zero-order valence-corrected chi connectivity index (χ0v) is 15.0.